The second-order valence-corrected chi connectivity index (χ2v) is 3.53. The lowest BCUT2D eigenvalue weighted by atomic mass is 11.0. The molecule has 0 bridgehead atoms. The molecule has 0 aromatic rings. The molecule has 3 heteroatoms. The molecular weight excluding hydrogens is 96.2 g/mol. The molecule has 0 aliphatic heterocycles. The van der Waals surface area contributed by atoms with Gasteiger partial charge in [-0.05, 0) is 6.92 Å². The summed E-state index contributed by atoms with van der Waals surface area (Å²) in [6.07, 6.45) is 0. The summed E-state index contributed by atoms with van der Waals surface area (Å²) in [5, 5.41) is 0. The van der Waals surface area contributed by atoms with E-state index in [-0.39, 0.29) is 9.38 Å². The Morgan fingerprint density at radius 1 is 2.00 bits per heavy atom. The molecule has 30 valence electrons. The van der Waals surface area contributed by atoms with Gasteiger partial charge in [0, 0.05) is 0 Å². The van der Waals surface area contributed by atoms with E-state index >= 15 is 0 Å². The van der Waals surface area contributed by atoms with E-state index in [9.17, 15) is 0 Å². The van der Waals surface area contributed by atoms with Crippen LogP contribution in [0.25, 0.3) is 0 Å². The molecule has 0 aromatic heterocycles. The van der Waals surface area contributed by atoms with Crippen LogP contribution in [0.4, 0.5) is 0 Å². The molecule has 1 nitrogen and oxygen atoms in total. The highest BCUT2D eigenvalue weighted by molar-refractivity contribution is 6.44. The Morgan fingerprint density at radius 3 is 2.60 bits per heavy atom. The highest BCUT2D eigenvalue weighted by Crippen LogP contribution is 1.37. The second-order valence-electron chi connectivity index (χ2n) is 0.705. The van der Waals surface area contributed by atoms with Gasteiger partial charge in [0.2, 0.25) is 0 Å². The Hall–Kier alpha value is 0.104. The maximum Gasteiger partial charge on any atom is 0.194 e. The van der Waals surface area contributed by atoms with Crippen molar-refractivity contribution < 1.29 is 4.12 Å². The Labute approximate surface area is 37.4 Å². The van der Waals surface area contributed by atoms with E-state index in [1.807, 2.05) is 6.92 Å². The Bertz CT molecular complexity index is 34.6. The molecule has 0 aliphatic rings. The third kappa shape index (κ3) is 4.10. The van der Waals surface area contributed by atoms with Crippen LogP contribution in [0.5, 0.6) is 0 Å². The largest absolute Gasteiger partial charge is 0.614 e. The maximum absolute atomic E-state index is 4.86. The molecule has 0 radical (unpaired) electrons. The molecule has 0 amide bonds. The number of hydrogen-bond acceptors (Lipinski definition) is 1. The van der Waals surface area contributed by atoms with Crippen molar-refractivity contribution in [3.05, 3.63) is 0 Å². The van der Waals surface area contributed by atoms with Crippen molar-refractivity contribution in [3.8, 4) is 0 Å². The van der Waals surface area contributed by atoms with E-state index < -0.39 is 0 Å². The lowest BCUT2D eigenvalue weighted by Crippen LogP contribution is -1.82. The van der Waals surface area contributed by atoms with E-state index in [0.717, 1.165) is 10.5 Å². The molecule has 0 rings (SSSR count). The van der Waals surface area contributed by atoms with Crippen LogP contribution in [0, 0.1) is 0 Å². The fourth-order valence-corrected chi connectivity index (χ4v) is 1.22. The predicted molar refractivity (Wildman–Crippen MR) is 29.9 cm³/mol. The van der Waals surface area contributed by atoms with E-state index in [2.05, 4.69) is 5.67 Å². The summed E-state index contributed by atoms with van der Waals surface area (Å²) in [6.45, 7) is 2.02. The molecule has 0 heterocycles. The predicted octanol–water partition coefficient (Wildman–Crippen LogP) is -1.54. The van der Waals surface area contributed by atoms with Crippen LogP contribution >= 0.6 is 0 Å². The normalized spacial score (nSPS) is 9.80. The smallest absolute Gasteiger partial charge is 0.194 e. The van der Waals surface area contributed by atoms with Crippen LogP contribution in [-0.2, 0) is 4.12 Å². The quantitative estimate of drug-likeness (QED) is 0.366. The summed E-state index contributed by atoms with van der Waals surface area (Å²) in [5.41, 5.74) is 2.08. The summed E-state index contributed by atoms with van der Waals surface area (Å²) < 4.78 is 4.86. The first-order valence-electron chi connectivity index (χ1n) is 1.55. The van der Waals surface area contributed by atoms with Gasteiger partial charge in [-0.15, -0.1) is 0 Å². The minimum absolute atomic E-state index is 0.252. The zero-order valence-corrected chi connectivity index (χ0v) is 6.72. The average Bonchev–Trinajstić information content (AvgIpc) is 1.41. The second kappa shape index (κ2) is 4.10. The first-order valence-corrected chi connectivity index (χ1v) is 3.51. The van der Waals surface area contributed by atoms with E-state index in [0.29, 0.717) is 0 Å². The molecule has 0 fully saturated rings. The topological polar surface area (TPSA) is 9.23 Å². The maximum atomic E-state index is 4.86. The van der Waals surface area contributed by atoms with Crippen molar-refractivity contribution in [2.24, 2.45) is 0 Å². The molecule has 0 saturated carbocycles. The monoisotopic (exact) mass is 104 g/mol. The van der Waals surface area contributed by atoms with Crippen molar-refractivity contribution in [1.82, 2.24) is 0 Å². The number of rotatable bonds is 1. The van der Waals surface area contributed by atoms with Gasteiger partial charge in [0.25, 0.3) is 0 Å². The molecule has 0 saturated heterocycles. The van der Waals surface area contributed by atoms with Crippen molar-refractivity contribution in [2.45, 2.75) is 6.92 Å². The van der Waals surface area contributed by atoms with Gasteiger partial charge in [0.1, 0.15) is 0 Å². The van der Waals surface area contributed by atoms with Crippen molar-refractivity contribution in [2.75, 3.05) is 0 Å². The lowest BCUT2D eigenvalue weighted by Gasteiger charge is -1.78. The van der Waals surface area contributed by atoms with Gasteiger partial charge in [0.05, 0.1) is 0 Å². The lowest BCUT2D eigenvalue weighted by molar-refractivity contribution is 0.685. The minimum atomic E-state index is 0.252. The standard InChI is InChI=1S/C2H8OSi2/c1-2-5-3-4/h2,5H,1,4H3. The first-order chi connectivity index (χ1) is 2.41. The highest BCUT2D eigenvalue weighted by Gasteiger charge is 1.49. The van der Waals surface area contributed by atoms with Crippen molar-refractivity contribution >= 4 is 25.5 Å². The molecule has 5 heavy (non-hydrogen) atoms. The van der Waals surface area contributed by atoms with Crippen molar-refractivity contribution in [1.29, 1.82) is 0 Å². The van der Waals surface area contributed by atoms with Gasteiger partial charge in [-0.25, -0.2) is 0 Å². The van der Waals surface area contributed by atoms with Crippen LogP contribution in [0.15, 0.2) is 0 Å². The Balaban J connectivity index is 2.62. The van der Waals surface area contributed by atoms with Gasteiger partial charge in [-0.3, -0.25) is 0 Å². The van der Waals surface area contributed by atoms with Crippen LogP contribution in [0.2, 0.25) is 0 Å². The molecule has 0 atom stereocenters. The summed E-state index contributed by atoms with van der Waals surface area (Å²) in [6, 6.07) is 0. The van der Waals surface area contributed by atoms with E-state index in [4.69, 9.17) is 4.12 Å². The zero-order chi connectivity index (χ0) is 4.12. The average molecular weight is 104 g/mol. The summed E-state index contributed by atoms with van der Waals surface area (Å²) >= 11 is 0. The number of hydrogen-bond donors (Lipinski definition) is 0. The first kappa shape index (κ1) is 5.10. The molecular formula is C2H8OSi2. The van der Waals surface area contributed by atoms with Gasteiger partial charge >= 0.3 is 0 Å². The van der Waals surface area contributed by atoms with Gasteiger partial charge in [-0.1, -0.05) is 5.67 Å². The fraction of sp³-hybridized carbons (Fsp3) is 0.500. The molecule has 0 N–H and O–H groups in total. The van der Waals surface area contributed by atoms with E-state index in [1.165, 1.54) is 0 Å². The minimum Gasteiger partial charge on any atom is -0.614 e. The van der Waals surface area contributed by atoms with Gasteiger partial charge in [0.15, 0.2) is 19.9 Å². The van der Waals surface area contributed by atoms with E-state index in [1.54, 1.807) is 0 Å². The molecule has 0 aliphatic carbocycles. The Kier molecular flexibility index (Phi) is 4.19. The zero-order valence-electron chi connectivity index (χ0n) is 3.56. The van der Waals surface area contributed by atoms with Gasteiger partial charge in [-0.2, -0.15) is 0 Å². The molecule has 0 spiro atoms. The summed E-state index contributed by atoms with van der Waals surface area (Å²) in [7, 11) is 1.16. The van der Waals surface area contributed by atoms with Crippen molar-refractivity contribution in [3.63, 3.8) is 0 Å². The fourth-order valence-electron chi connectivity index (χ4n) is 0.136. The SMILES string of the molecule is CC=[SiH]O[SiH3]. The highest BCUT2D eigenvalue weighted by atomic mass is 28.3. The third-order valence-corrected chi connectivity index (χ3v) is 1.63. The van der Waals surface area contributed by atoms with Crippen LogP contribution < -0.4 is 0 Å². The van der Waals surface area contributed by atoms with Crippen LogP contribution in [0.1, 0.15) is 6.92 Å². The summed E-state index contributed by atoms with van der Waals surface area (Å²) in [5.74, 6) is 0. The molecule has 0 aromatic carbocycles. The Morgan fingerprint density at radius 2 is 2.60 bits per heavy atom. The van der Waals surface area contributed by atoms with Crippen LogP contribution in [-0.4, -0.2) is 25.5 Å². The van der Waals surface area contributed by atoms with Gasteiger partial charge < -0.3 is 4.12 Å². The third-order valence-electron chi connectivity index (χ3n) is 0.272. The summed E-state index contributed by atoms with van der Waals surface area (Å²) in [4.78, 5) is 0. The molecule has 0 unspecified atom stereocenters. The van der Waals surface area contributed by atoms with Crippen LogP contribution in [0.3, 0.4) is 0 Å².